The molecule has 1 aromatic heterocycles. The van der Waals surface area contributed by atoms with Crippen molar-refractivity contribution in [1.29, 1.82) is 0 Å². The lowest BCUT2D eigenvalue weighted by Crippen LogP contribution is -2.44. The molecule has 1 atom stereocenters. The molecule has 2 aromatic rings. The summed E-state index contributed by atoms with van der Waals surface area (Å²) in [5.41, 5.74) is 6.00. The van der Waals surface area contributed by atoms with Crippen molar-refractivity contribution in [2.24, 2.45) is 11.7 Å². The van der Waals surface area contributed by atoms with Crippen LogP contribution in [0, 0.1) is 11.7 Å². The van der Waals surface area contributed by atoms with E-state index < -0.39 is 0 Å². The molecule has 1 aliphatic rings. The number of amides is 2. The lowest BCUT2D eigenvalue weighted by atomic mass is 9.97. The molecule has 8 heteroatoms. The highest BCUT2D eigenvalue weighted by Crippen LogP contribution is 2.23. The van der Waals surface area contributed by atoms with Gasteiger partial charge in [0.15, 0.2) is 5.16 Å². The minimum Gasteiger partial charge on any atom is -0.369 e. The van der Waals surface area contributed by atoms with E-state index >= 15 is 0 Å². The second-order valence-electron chi connectivity index (χ2n) is 5.93. The zero-order chi connectivity index (χ0) is 17.8. The number of aromatic nitrogens is 2. The van der Waals surface area contributed by atoms with Crippen LogP contribution in [0.3, 0.4) is 0 Å². The fraction of sp³-hybridized carbons (Fsp3) is 0.353. The Balaban J connectivity index is 1.63. The Morgan fingerprint density at radius 1 is 1.40 bits per heavy atom. The van der Waals surface area contributed by atoms with Crippen LogP contribution in [0.4, 0.5) is 4.39 Å². The topological polar surface area (TPSA) is 81.2 Å². The van der Waals surface area contributed by atoms with E-state index in [2.05, 4.69) is 4.98 Å². The van der Waals surface area contributed by atoms with Crippen molar-refractivity contribution in [3.8, 4) is 5.69 Å². The third-order valence-corrected chi connectivity index (χ3v) is 5.15. The summed E-state index contributed by atoms with van der Waals surface area (Å²) in [4.78, 5) is 29.7. The van der Waals surface area contributed by atoms with E-state index in [0.29, 0.717) is 23.9 Å². The Labute approximate surface area is 149 Å². The van der Waals surface area contributed by atoms with Gasteiger partial charge in [0.1, 0.15) is 5.82 Å². The van der Waals surface area contributed by atoms with Crippen LogP contribution in [-0.2, 0) is 9.59 Å². The minimum absolute atomic E-state index is 0.0512. The molecule has 132 valence electrons. The number of likely N-dealkylation sites (tertiary alicyclic amines) is 1. The molecule has 1 aliphatic heterocycles. The molecular weight excluding hydrogens is 343 g/mol. The Morgan fingerprint density at radius 3 is 3.00 bits per heavy atom. The number of halogens is 1. The maximum atomic E-state index is 13.4. The third-order valence-electron chi connectivity index (χ3n) is 4.19. The molecule has 1 aromatic carbocycles. The maximum absolute atomic E-state index is 13.4. The molecule has 2 heterocycles. The van der Waals surface area contributed by atoms with Crippen molar-refractivity contribution >= 4 is 23.6 Å². The van der Waals surface area contributed by atoms with E-state index in [1.165, 1.54) is 23.9 Å². The molecule has 0 radical (unpaired) electrons. The van der Waals surface area contributed by atoms with Crippen molar-refractivity contribution in [2.45, 2.75) is 18.0 Å². The Hall–Kier alpha value is -2.35. The smallest absolute Gasteiger partial charge is 0.233 e. The lowest BCUT2D eigenvalue weighted by Gasteiger charge is -2.31. The fourth-order valence-electron chi connectivity index (χ4n) is 2.87. The van der Waals surface area contributed by atoms with Gasteiger partial charge in [-0.2, -0.15) is 0 Å². The van der Waals surface area contributed by atoms with Crippen LogP contribution in [0.25, 0.3) is 5.69 Å². The molecule has 2 N–H and O–H groups in total. The van der Waals surface area contributed by atoms with E-state index in [-0.39, 0.29) is 29.3 Å². The molecule has 0 bridgehead atoms. The van der Waals surface area contributed by atoms with E-state index in [9.17, 15) is 14.0 Å². The SMILES string of the molecule is NC(=O)C1CCCN(C(=O)CSc2nccn2-c2cccc(F)c2)C1. The zero-order valence-electron chi connectivity index (χ0n) is 13.6. The van der Waals surface area contributed by atoms with Crippen LogP contribution < -0.4 is 5.73 Å². The van der Waals surface area contributed by atoms with Crippen LogP contribution in [0.5, 0.6) is 0 Å². The van der Waals surface area contributed by atoms with E-state index in [1.54, 1.807) is 34.0 Å². The zero-order valence-corrected chi connectivity index (χ0v) is 14.4. The quantitative estimate of drug-likeness (QED) is 0.823. The van der Waals surface area contributed by atoms with Crippen molar-refractivity contribution in [3.63, 3.8) is 0 Å². The van der Waals surface area contributed by atoms with Gasteiger partial charge in [0.2, 0.25) is 11.8 Å². The second-order valence-corrected chi connectivity index (χ2v) is 6.87. The van der Waals surface area contributed by atoms with Crippen molar-refractivity contribution < 1.29 is 14.0 Å². The van der Waals surface area contributed by atoms with Crippen LogP contribution in [-0.4, -0.2) is 45.1 Å². The van der Waals surface area contributed by atoms with Crippen LogP contribution in [0.1, 0.15) is 12.8 Å². The van der Waals surface area contributed by atoms with Gasteiger partial charge in [-0.15, -0.1) is 0 Å². The number of primary amides is 1. The third kappa shape index (κ3) is 4.19. The number of hydrogen-bond donors (Lipinski definition) is 1. The van der Waals surface area contributed by atoms with Gasteiger partial charge in [0, 0.05) is 25.5 Å². The summed E-state index contributed by atoms with van der Waals surface area (Å²) in [5.74, 6) is -0.796. The number of benzene rings is 1. The maximum Gasteiger partial charge on any atom is 0.233 e. The average Bonchev–Trinajstić information content (AvgIpc) is 3.08. The molecule has 0 saturated carbocycles. The van der Waals surface area contributed by atoms with E-state index in [1.807, 2.05) is 0 Å². The highest BCUT2D eigenvalue weighted by Gasteiger charge is 2.27. The Kier molecular flexibility index (Phi) is 5.37. The van der Waals surface area contributed by atoms with Gasteiger partial charge >= 0.3 is 0 Å². The van der Waals surface area contributed by atoms with Crippen molar-refractivity contribution in [2.75, 3.05) is 18.8 Å². The number of carbonyl (C=O) groups excluding carboxylic acids is 2. The van der Waals surface area contributed by atoms with E-state index in [0.717, 1.165) is 12.8 Å². The first-order chi connectivity index (χ1) is 12.0. The number of nitrogens with two attached hydrogens (primary N) is 1. The Bertz CT molecular complexity index is 780. The Morgan fingerprint density at radius 2 is 2.24 bits per heavy atom. The van der Waals surface area contributed by atoms with Gasteiger partial charge in [-0.3, -0.25) is 14.2 Å². The average molecular weight is 362 g/mol. The van der Waals surface area contributed by atoms with Crippen molar-refractivity contribution in [3.05, 3.63) is 42.5 Å². The first-order valence-corrected chi connectivity index (χ1v) is 9.02. The van der Waals surface area contributed by atoms with Crippen LogP contribution >= 0.6 is 11.8 Å². The van der Waals surface area contributed by atoms with Crippen LogP contribution in [0.15, 0.2) is 41.8 Å². The van der Waals surface area contributed by atoms with Gasteiger partial charge in [0.25, 0.3) is 0 Å². The van der Waals surface area contributed by atoms with E-state index in [4.69, 9.17) is 5.73 Å². The molecular formula is C17H19FN4O2S. The predicted octanol–water partition coefficient (Wildman–Crippen LogP) is 1.83. The first kappa shape index (κ1) is 17.5. The van der Waals surface area contributed by atoms with Gasteiger partial charge in [-0.1, -0.05) is 17.8 Å². The summed E-state index contributed by atoms with van der Waals surface area (Å²) < 4.78 is 15.2. The van der Waals surface area contributed by atoms with Gasteiger partial charge in [-0.25, -0.2) is 9.37 Å². The van der Waals surface area contributed by atoms with Gasteiger partial charge < -0.3 is 10.6 Å². The normalized spacial score (nSPS) is 17.5. The molecule has 6 nitrogen and oxygen atoms in total. The van der Waals surface area contributed by atoms with Crippen molar-refractivity contribution in [1.82, 2.24) is 14.5 Å². The summed E-state index contributed by atoms with van der Waals surface area (Å²) in [6, 6.07) is 6.19. The molecule has 0 spiro atoms. The minimum atomic E-state index is -0.355. The van der Waals surface area contributed by atoms with Crippen LogP contribution in [0.2, 0.25) is 0 Å². The number of piperidine rings is 1. The molecule has 2 amide bonds. The number of hydrogen-bond acceptors (Lipinski definition) is 4. The molecule has 25 heavy (non-hydrogen) atoms. The molecule has 0 aliphatic carbocycles. The number of carbonyl (C=O) groups is 2. The lowest BCUT2D eigenvalue weighted by molar-refractivity contribution is -0.132. The molecule has 1 fully saturated rings. The molecule has 1 saturated heterocycles. The van der Waals surface area contributed by atoms with Gasteiger partial charge in [0.05, 0.1) is 17.4 Å². The monoisotopic (exact) mass is 362 g/mol. The summed E-state index contributed by atoms with van der Waals surface area (Å²) in [7, 11) is 0. The standard InChI is InChI=1S/C17H19FN4O2S/c18-13-4-1-5-14(9-13)22-8-6-20-17(22)25-11-15(23)21-7-2-3-12(10-21)16(19)24/h1,4-6,8-9,12H,2-3,7,10-11H2,(H2,19,24). The number of imidazole rings is 1. The second kappa shape index (κ2) is 7.69. The highest BCUT2D eigenvalue weighted by molar-refractivity contribution is 7.99. The summed E-state index contributed by atoms with van der Waals surface area (Å²) >= 11 is 1.29. The molecule has 1 unspecified atom stereocenters. The summed E-state index contributed by atoms with van der Waals surface area (Å²) in [6.07, 6.45) is 4.85. The largest absolute Gasteiger partial charge is 0.369 e. The predicted molar refractivity (Wildman–Crippen MR) is 92.7 cm³/mol. The molecule has 3 rings (SSSR count). The number of rotatable bonds is 5. The summed E-state index contributed by atoms with van der Waals surface area (Å²) in [6.45, 7) is 1.02. The summed E-state index contributed by atoms with van der Waals surface area (Å²) in [5, 5.41) is 0.613. The highest BCUT2D eigenvalue weighted by atomic mass is 32.2. The first-order valence-electron chi connectivity index (χ1n) is 8.04. The number of thioether (sulfide) groups is 1. The fourth-order valence-corrected chi connectivity index (χ4v) is 3.75. The number of nitrogens with zero attached hydrogens (tertiary/aromatic N) is 3. The van der Waals surface area contributed by atoms with Gasteiger partial charge in [-0.05, 0) is 31.0 Å².